The minimum absolute atomic E-state index is 0.0126. The van der Waals surface area contributed by atoms with Crippen LogP contribution in [-0.2, 0) is 11.2 Å². The highest BCUT2D eigenvalue weighted by molar-refractivity contribution is 7.99. The molecule has 0 fully saturated rings. The molecular formula is C14H14N4O2S. The van der Waals surface area contributed by atoms with Crippen molar-refractivity contribution in [1.82, 2.24) is 15.2 Å². The summed E-state index contributed by atoms with van der Waals surface area (Å²) in [5, 5.41) is 7.72. The van der Waals surface area contributed by atoms with Crippen LogP contribution in [0.2, 0.25) is 0 Å². The van der Waals surface area contributed by atoms with Crippen LogP contribution in [0.25, 0.3) is 0 Å². The summed E-state index contributed by atoms with van der Waals surface area (Å²) < 4.78 is 0. The van der Waals surface area contributed by atoms with Gasteiger partial charge in [0.25, 0.3) is 5.56 Å². The van der Waals surface area contributed by atoms with Gasteiger partial charge in [-0.3, -0.25) is 14.6 Å². The van der Waals surface area contributed by atoms with Gasteiger partial charge in [0.05, 0.1) is 5.75 Å². The first-order valence-corrected chi connectivity index (χ1v) is 7.66. The van der Waals surface area contributed by atoms with Gasteiger partial charge in [0.2, 0.25) is 5.91 Å². The molecule has 3 rings (SSSR count). The second kappa shape index (κ2) is 6.09. The number of hydrogen-bond acceptors (Lipinski definition) is 5. The molecule has 1 aromatic carbocycles. The van der Waals surface area contributed by atoms with Crippen molar-refractivity contribution in [3.63, 3.8) is 0 Å². The molecule has 6 nitrogen and oxygen atoms in total. The van der Waals surface area contributed by atoms with E-state index in [0.29, 0.717) is 5.16 Å². The Labute approximate surface area is 125 Å². The lowest BCUT2D eigenvalue weighted by atomic mass is 10.0. The number of para-hydroxylation sites is 1. The third-order valence-electron chi connectivity index (χ3n) is 3.30. The number of H-pyrrole nitrogens is 1. The fourth-order valence-electron chi connectivity index (χ4n) is 2.36. The van der Waals surface area contributed by atoms with Crippen LogP contribution in [0.5, 0.6) is 0 Å². The van der Waals surface area contributed by atoms with Gasteiger partial charge in [-0.1, -0.05) is 30.0 Å². The molecule has 2 aromatic rings. The average molecular weight is 302 g/mol. The van der Waals surface area contributed by atoms with Crippen molar-refractivity contribution < 1.29 is 4.79 Å². The third kappa shape index (κ3) is 3.13. The molecule has 0 saturated carbocycles. The van der Waals surface area contributed by atoms with E-state index in [1.54, 1.807) is 4.90 Å². The maximum absolute atomic E-state index is 12.4. The zero-order chi connectivity index (χ0) is 14.7. The Morgan fingerprint density at radius 3 is 3.10 bits per heavy atom. The predicted molar refractivity (Wildman–Crippen MR) is 80.5 cm³/mol. The Hall–Kier alpha value is -2.15. The molecule has 21 heavy (non-hydrogen) atoms. The van der Waals surface area contributed by atoms with Crippen molar-refractivity contribution in [1.29, 1.82) is 0 Å². The van der Waals surface area contributed by atoms with Crippen LogP contribution in [0.3, 0.4) is 0 Å². The van der Waals surface area contributed by atoms with Gasteiger partial charge in [0.1, 0.15) is 6.20 Å². The Balaban J connectivity index is 1.71. The second-order valence-corrected chi connectivity index (χ2v) is 5.67. The number of amides is 1. The number of aromatic amines is 1. The van der Waals surface area contributed by atoms with Gasteiger partial charge in [-0.15, -0.1) is 5.10 Å². The molecule has 0 saturated heterocycles. The number of nitrogens with one attached hydrogen (secondary N) is 1. The standard InChI is InChI=1S/C14H14N4O2S/c19-12-8-15-17-14(16-12)21-9-13(20)18-7-3-5-10-4-1-2-6-11(10)18/h1-2,4,6,8H,3,5,7,9H2,(H,16,17,19). The number of aryl methyl sites for hydroxylation is 1. The summed E-state index contributed by atoms with van der Waals surface area (Å²) in [5.41, 5.74) is 1.88. The number of rotatable bonds is 3. The van der Waals surface area contributed by atoms with E-state index in [1.807, 2.05) is 18.2 Å². The van der Waals surface area contributed by atoms with E-state index in [1.165, 1.54) is 17.3 Å². The van der Waals surface area contributed by atoms with E-state index >= 15 is 0 Å². The summed E-state index contributed by atoms with van der Waals surface area (Å²) >= 11 is 1.19. The van der Waals surface area contributed by atoms with Crippen molar-refractivity contribution in [2.75, 3.05) is 17.2 Å². The SMILES string of the molecule is O=C(CSc1nncc(=O)[nH]1)N1CCCc2ccccc21. The summed E-state index contributed by atoms with van der Waals surface area (Å²) in [7, 11) is 0. The monoisotopic (exact) mass is 302 g/mol. The maximum Gasteiger partial charge on any atom is 0.270 e. The van der Waals surface area contributed by atoms with Gasteiger partial charge in [0.15, 0.2) is 5.16 Å². The van der Waals surface area contributed by atoms with Crippen molar-refractivity contribution >= 4 is 23.4 Å². The molecule has 108 valence electrons. The minimum atomic E-state index is -0.316. The van der Waals surface area contributed by atoms with Crippen molar-refractivity contribution in [3.8, 4) is 0 Å². The smallest absolute Gasteiger partial charge is 0.270 e. The van der Waals surface area contributed by atoms with E-state index in [2.05, 4.69) is 21.2 Å². The summed E-state index contributed by atoms with van der Waals surface area (Å²) in [6, 6.07) is 7.97. The number of aromatic nitrogens is 3. The summed E-state index contributed by atoms with van der Waals surface area (Å²) in [6.45, 7) is 0.730. The molecule has 1 aliphatic rings. The Kier molecular flexibility index (Phi) is 4.01. The third-order valence-corrected chi connectivity index (χ3v) is 4.15. The number of nitrogens with zero attached hydrogens (tertiary/aromatic N) is 3. The molecular weight excluding hydrogens is 288 g/mol. The fraction of sp³-hybridized carbons (Fsp3) is 0.286. The number of anilines is 1. The zero-order valence-corrected chi connectivity index (χ0v) is 12.1. The highest BCUT2D eigenvalue weighted by atomic mass is 32.2. The molecule has 7 heteroatoms. The Morgan fingerprint density at radius 1 is 1.38 bits per heavy atom. The molecule has 1 amide bonds. The molecule has 0 atom stereocenters. The summed E-state index contributed by atoms with van der Waals surface area (Å²) in [6.07, 6.45) is 3.08. The van der Waals surface area contributed by atoms with Gasteiger partial charge < -0.3 is 4.90 Å². The average Bonchev–Trinajstić information content (AvgIpc) is 2.52. The number of benzene rings is 1. The normalized spacial score (nSPS) is 13.8. The first-order chi connectivity index (χ1) is 10.2. The number of fused-ring (bicyclic) bond motifs is 1. The quantitative estimate of drug-likeness (QED) is 0.863. The van der Waals surface area contributed by atoms with E-state index in [4.69, 9.17) is 0 Å². The maximum atomic E-state index is 12.4. The number of hydrogen-bond donors (Lipinski definition) is 1. The highest BCUT2D eigenvalue weighted by Crippen LogP contribution is 2.27. The summed E-state index contributed by atoms with van der Waals surface area (Å²) in [4.78, 5) is 27.9. The molecule has 2 heterocycles. The molecule has 1 aromatic heterocycles. The lowest BCUT2D eigenvalue weighted by Crippen LogP contribution is -2.36. The number of thioether (sulfide) groups is 1. The largest absolute Gasteiger partial charge is 0.311 e. The summed E-state index contributed by atoms with van der Waals surface area (Å²) in [5.74, 6) is 0.238. The zero-order valence-electron chi connectivity index (χ0n) is 11.3. The van der Waals surface area contributed by atoms with E-state index in [0.717, 1.165) is 31.3 Å². The van der Waals surface area contributed by atoms with Crippen molar-refractivity contribution in [3.05, 3.63) is 46.4 Å². The predicted octanol–water partition coefficient (Wildman–Crippen LogP) is 1.24. The first-order valence-electron chi connectivity index (χ1n) is 6.67. The minimum Gasteiger partial charge on any atom is -0.311 e. The van der Waals surface area contributed by atoms with Crippen LogP contribution in [0.15, 0.2) is 40.4 Å². The van der Waals surface area contributed by atoms with E-state index < -0.39 is 0 Å². The van der Waals surface area contributed by atoms with E-state index in [-0.39, 0.29) is 17.2 Å². The van der Waals surface area contributed by atoms with Gasteiger partial charge in [-0.25, -0.2) is 0 Å². The second-order valence-electron chi connectivity index (χ2n) is 4.71. The van der Waals surface area contributed by atoms with Crippen LogP contribution < -0.4 is 10.5 Å². The van der Waals surface area contributed by atoms with Crippen molar-refractivity contribution in [2.45, 2.75) is 18.0 Å². The van der Waals surface area contributed by atoms with Crippen molar-refractivity contribution in [2.24, 2.45) is 0 Å². The molecule has 0 radical (unpaired) electrons. The van der Waals surface area contributed by atoms with Crippen LogP contribution in [0.4, 0.5) is 5.69 Å². The molecule has 0 aliphatic carbocycles. The van der Waals surface area contributed by atoms with Crippen LogP contribution in [0.1, 0.15) is 12.0 Å². The lowest BCUT2D eigenvalue weighted by molar-refractivity contribution is -0.116. The van der Waals surface area contributed by atoms with Crippen LogP contribution in [-0.4, -0.2) is 33.4 Å². The molecule has 0 unspecified atom stereocenters. The first kappa shape index (κ1) is 13.8. The number of carbonyl (C=O) groups is 1. The van der Waals surface area contributed by atoms with Crippen LogP contribution in [0, 0.1) is 0 Å². The Bertz CT molecular complexity index is 716. The Morgan fingerprint density at radius 2 is 2.24 bits per heavy atom. The lowest BCUT2D eigenvalue weighted by Gasteiger charge is -2.29. The van der Waals surface area contributed by atoms with Gasteiger partial charge in [-0.2, -0.15) is 5.10 Å². The molecule has 1 aliphatic heterocycles. The number of carbonyl (C=O) groups excluding carboxylic acids is 1. The van der Waals surface area contributed by atoms with E-state index in [9.17, 15) is 9.59 Å². The van der Waals surface area contributed by atoms with Crippen LogP contribution >= 0.6 is 11.8 Å². The highest BCUT2D eigenvalue weighted by Gasteiger charge is 2.22. The fourth-order valence-corrected chi connectivity index (χ4v) is 3.06. The topological polar surface area (TPSA) is 79.0 Å². The van der Waals surface area contributed by atoms with Gasteiger partial charge >= 0.3 is 0 Å². The molecule has 0 bridgehead atoms. The molecule has 1 N–H and O–H groups in total. The van der Waals surface area contributed by atoms with Gasteiger partial charge in [0, 0.05) is 12.2 Å². The van der Waals surface area contributed by atoms with Gasteiger partial charge in [-0.05, 0) is 24.5 Å². The molecule has 0 spiro atoms.